The maximum atomic E-state index is 12.2. The van der Waals surface area contributed by atoms with Crippen LogP contribution in [0.3, 0.4) is 0 Å². The van der Waals surface area contributed by atoms with Gasteiger partial charge < -0.3 is 5.32 Å². The summed E-state index contributed by atoms with van der Waals surface area (Å²) >= 11 is 1.51. The molecule has 1 saturated carbocycles. The predicted octanol–water partition coefficient (Wildman–Crippen LogP) is 4.55. The number of thiophene rings is 1. The highest BCUT2D eigenvalue weighted by Gasteiger charge is 2.26. The molecule has 1 aliphatic rings. The number of nitrogens with one attached hydrogen (secondary N) is 2. The van der Waals surface area contributed by atoms with Crippen LogP contribution in [0, 0.1) is 12.8 Å². The van der Waals surface area contributed by atoms with E-state index >= 15 is 0 Å². The first-order valence-electron chi connectivity index (χ1n) is 9.47. The Labute approximate surface area is 163 Å². The average molecular weight is 381 g/mol. The molecule has 3 aromatic heterocycles. The number of hydrogen-bond acceptors (Lipinski definition) is 4. The molecule has 0 aliphatic heterocycles. The number of hydrogen-bond donors (Lipinski definition) is 2. The van der Waals surface area contributed by atoms with Gasteiger partial charge in [-0.3, -0.25) is 14.9 Å². The third-order valence-electron chi connectivity index (χ3n) is 5.42. The third kappa shape index (κ3) is 4.11. The van der Waals surface area contributed by atoms with Crippen molar-refractivity contribution in [3.8, 4) is 11.1 Å². The molecule has 2 N–H and O–H groups in total. The monoisotopic (exact) mass is 380 g/mol. The third-order valence-corrected chi connectivity index (χ3v) is 6.47. The lowest BCUT2D eigenvalue weighted by atomic mass is 9.79. The van der Waals surface area contributed by atoms with Gasteiger partial charge >= 0.3 is 0 Å². The van der Waals surface area contributed by atoms with Gasteiger partial charge in [-0.25, -0.2) is 0 Å². The van der Waals surface area contributed by atoms with E-state index in [9.17, 15) is 4.79 Å². The molecule has 3 heterocycles. The Morgan fingerprint density at radius 3 is 2.74 bits per heavy atom. The Morgan fingerprint density at radius 1 is 1.26 bits per heavy atom. The van der Waals surface area contributed by atoms with E-state index in [-0.39, 0.29) is 5.91 Å². The quantitative estimate of drug-likeness (QED) is 0.682. The molecule has 5 nitrogen and oxygen atoms in total. The second-order valence-electron chi connectivity index (χ2n) is 7.35. The smallest absolute Gasteiger partial charge is 0.261 e. The summed E-state index contributed by atoms with van der Waals surface area (Å²) in [6.07, 6.45) is 10.1. The first-order chi connectivity index (χ1) is 13.2. The fourth-order valence-electron chi connectivity index (χ4n) is 3.90. The molecule has 27 heavy (non-hydrogen) atoms. The van der Waals surface area contributed by atoms with Crippen LogP contribution in [0.1, 0.15) is 52.5 Å². The van der Waals surface area contributed by atoms with E-state index in [2.05, 4.69) is 20.5 Å². The maximum absolute atomic E-state index is 12.2. The summed E-state index contributed by atoms with van der Waals surface area (Å²) in [5.41, 5.74) is 4.73. The number of aromatic nitrogens is 3. The van der Waals surface area contributed by atoms with Crippen molar-refractivity contribution < 1.29 is 4.79 Å². The van der Waals surface area contributed by atoms with Crippen LogP contribution in [0.2, 0.25) is 0 Å². The summed E-state index contributed by atoms with van der Waals surface area (Å²) in [5, 5.41) is 12.6. The molecule has 140 valence electrons. The molecule has 0 spiro atoms. The molecule has 0 unspecified atom stereocenters. The van der Waals surface area contributed by atoms with Gasteiger partial charge in [0.1, 0.15) is 0 Å². The average Bonchev–Trinajstić information content (AvgIpc) is 3.36. The Morgan fingerprint density at radius 2 is 2.04 bits per heavy atom. The van der Waals surface area contributed by atoms with Gasteiger partial charge in [0.25, 0.3) is 5.91 Å². The molecule has 0 bridgehead atoms. The van der Waals surface area contributed by atoms with Crippen molar-refractivity contribution in [2.75, 3.05) is 6.54 Å². The van der Waals surface area contributed by atoms with Crippen molar-refractivity contribution >= 4 is 17.2 Å². The van der Waals surface area contributed by atoms with Crippen molar-refractivity contribution in [2.24, 2.45) is 5.92 Å². The van der Waals surface area contributed by atoms with E-state index in [0.29, 0.717) is 11.8 Å². The highest BCUT2D eigenvalue weighted by atomic mass is 32.1. The van der Waals surface area contributed by atoms with Crippen molar-refractivity contribution in [1.29, 1.82) is 0 Å². The Kier molecular flexibility index (Phi) is 5.34. The minimum absolute atomic E-state index is 0.0590. The second kappa shape index (κ2) is 8.05. The number of pyridine rings is 1. The maximum Gasteiger partial charge on any atom is 0.261 e. The molecule has 0 atom stereocenters. The number of aryl methyl sites for hydroxylation is 1. The van der Waals surface area contributed by atoms with E-state index in [1.165, 1.54) is 22.6 Å². The molecule has 0 radical (unpaired) electrons. The minimum Gasteiger partial charge on any atom is -0.351 e. The summed E-state index contributed by atoms with van der Waals surface area (Å²) in [7, 11) is 0. The van der Waals surface area contributed by atoms with Gasteiger partial charge in [0, 0.05) is 36.1 Å². The van der Waals surface area contributed by atoms with Gasteiger partial charge in [0.05, 0.1) is 11.1 Å². The standard InChI is InChI=1S/C21H24N4OS/c1-14-10-19(27-13-14)21(26)23-11-15-2-4-17(5-3-15)20-18(12-24-25-20)16-6-8-22-9-7-16/h6-10,12-13,15,17H,2-5,11H2,1H3,(H,23,26)(H,24,25). The van der Waals surface area contributed by atoms with Gasteiger partial charge in [-0.2, -0.15) is 5.10 Å². The lowest BCUT2D eigenvalue weighted by Crippen LogP contribution is -2.30. The van der Waals surface area contributed by atoms with Crippen LogP contribution in [0.5, 0.6) is 0 Å². The Bertz CT molecular complexity index is 894. The number of aromatic amines is 1. The van der Waals surface area contributed by atoms with Crippen molar-refractivity contribution in [3.63, 3.8) is 0 Å². The van der Waals surface area contributed by atoms with Crippen LogP contribution in [0.25, 0.3) is 11.1 Å². The zero-order valence-electron chi connectivity index (χ0n) is 15.4. The summed E-state index contributed by atoms with van der Waals surface area (Å²) in [5.74, 6) is 1.12. The van der Waals surface area contributed by atoms with Crippen LogP contribution in [-0.4, -0.2) is 27.6 Å². The van der Waals surface area contributed by atoms with Crippen molar-refractivity contribution in [3.05, 3.63) is 58.3 Å². The van der Waals surface area contributed by atoms with E-state index in [4.69, 9.17) is 0 Å². The lowest BCUT2D eigenvalue weighted by Gasteiger charge is -2.28. The van der Waals surface area contributed by atoms with E-state index < -0.39 is 0 Å². The molecule has 0 saturated heterocycles. The topological polar surface area (TPSA) is 70.7 Å². The fourth-order valence-corrected chi connectivity index (χ4v) is 4.71. The zero-order chi connectivity index (χ0) is 18.6. The number of rotatable bonds is 5. The van der Waals surface area contributed by atoms with Gasteiger partial charge in [0.15, 0.2) is 0 Å². The molecule has 1 fully saturated rings. The molecule has 4 rings (SSSR count). The largest absolute Gasteiger partial charge is 0.351 e. The van der Waals surface area contributed by atoms with Crippen molar-refractivity contribution in [2.45, 2.75) is 38.5 Å². The summed E-state index contributed by atoms with van der Waals surface area (Å²) in [6, 6.07) is 6.01. The number of amides is 1. The number of carbonyl (C=O) groups excluding carboxylic acids is 1. The molecule has 3 aromatic rings. The number of carbonyl (C=O) groups is 1. The second-order valence-corrected chi connectivity index (χ2v) is 8.26. The van der Waals surface area contributed by atoms with Gasteiger partial charge in [-0.1, -0.05) is 0 Å². The molecular weight excluding hydrogens is 356 g/mol. The predicted molar refractivity (Wildman–Crippen MR) is 108 cm³/mol. The highest BCUT2D eigenvalue weighted by Crippen LogP contribution is 2.38. The van der Waals surface area contributed by atoms with Crippen LogP contribution >= 0.6 is 11.3 Å². The van der Waals surface area contributed by atoms with E-state index in [1.807, 2.05) is 49.1 Å². The van der Waals surface area contributed by atoms with Gasteiger partial charge in [0.2, 0.25) is 0 Å². The van der Waals surface area contributed by atoms with Crippen LogP contribution in [-0.2, 0) is 0 Å². The van der Waals surface area contributed by atoms with E-state index in [1.54, 1.807) is 0 Å². The van der Waals surface area contributed by atoms with E-state index in [0.717, 1.165) is 48.2 Å². The molecular formula is C21H24N4OS. The van der Waals surface area contributed by atoms with Crippen LogP contribution in [0.4, 0.5) is 0 Å². The lowest BCUT2D eigenvalue weighted by molar-refractivity contribution is 0.0947. The normalized spacial score (nSPS) is 19.7. The van der Waals surface area contributed by atoms with Crippen molar-refractivity contribution in [1.82, 2.24) is 20.5 Å². The Balaban J connectivity index is 1.32. The molecule has 6 heteroatoms. The SMILES string of the molecule is Cc1csc(C(=O)NCC2CCC(c3[nH]ncc3-c3ccncc3)CC2)c1. The van der Waals surface area contributed by atoms with Gasteiger partial charge in [-0.15, -0.1) is 11.3 Å². The zero-order valence-corrected chi connectivity index (χ0v) is 16.3. The molecule has 1 aliphatic carbocycles. The number of nitrogens with zero attached hydrogens (tertiary/aromatic N) is 2. The fraction of sp³-hybridized carbons (Fsp3) is 0.381. The molecule has 1 amide bonds. The summed E-state index contributed by atoms with van der Waals surface area (Å²) in [6.45, 7) is 2.78. The molecule has 0 aromatic carbocycles. The number of H-pyrrole nitrogens is 1. The first kappa shape index (κ1) is 17.9. The Hall–Kier alpha value is -2.47. The van der Waals surface area contributed by atoms with Gasteiger partial charge in [-0.05, 0) is 73.2 Å². The first-order valence-corrected chi connectivity index (χ1v) is 10.4. The van der Waals surface area contributed by atoms with Crippen LogP contribution in [0.15, 0.2) is 42.2 Å². The summed E-state index contributed by atoms with van der Waals surface area (Å²) in [4.78, 5) is 17.1. The minimum atomic E-state index is 0.0590. The summed E-state index contributed by atoms with van der Waals surface area (Å²) < 4.78 is 0. The highest BCUT2D eigenvalue weighted by molar-refractivity contribution is 7.12. The van der Waals surface area contributed by atoms with Crippen LogP contribution < -0.4 is 5.32 Å².